The molecule has 3 aliphatic rings. The maximum atomic E-state index is 14.0. The third kappa shape index (κ3) is 20.8. The second kappa shape index (κ2) is 32.8. The van der Waals surface area contributed by atoms with Gasteiger partial charge in [0, 0.05) is 75.6 Å². The number of ether oxygens (including phenoxy) is 12. The summed E-state index contributed by atoms with van der Waals surface area (Å²) in [7, 11) is 5.91. The van der Waals surface area contributed by atoms with Crippen LogP contribution in [0.15, 0.2) is 115 Å². The van der Waals surface area contributed by atoms with Crippen LogP contribution in [0.4, 0.5) is 0 Å². The number of esters is 3. The number of carbonyl (C=O) groups excluding carboxylic acids is 4. The third-order valence-corrected chi connectivity index (χ3v) is 16.7. The molecule has 11 atom stereocenters. The van der Waals surface area contributed by atoms with Crippen LogP contribution in [0.2, 0.25) is 0 Å². The van der Waals surface area contributed by atoms with Gasteiger partial charge in [-0.2, -0.15) is 0 Å². The van der Waals surface area contributed by atoms with Gasteiger partial charge in [-0.25, -0.2) is 9.59 Å². The fourth-order valence-corrected chi connectivity index (χ4v) is 12.2. The van der Waals surface area contributed by atoms with Crippen molar-refractivity contribution in [2.24, 2.45) is 10.8 Å². The molecule has 2 aromatic rings. The second-order valence-corrected chi connectivity index (χ2v) is 26.3. The Labute approximate surface area is 509 Å². The van der Waals surface area contributed by atoms with Crippen molar-refractivity contribution in [3.05, 3.63) is 126 Å². The minimum Gasteiger partial charge on any atom is -0.497 e. The second-order valence-electron chi connectivity index (χ2n) is 24.4. The van der Waals surface area contributed by atoms with Crippen LogP contribution < -0.4 is 4.74 Å². The summed E-state index contributed by atoms with van der Waals surface area (Å²) in [6, 6.07) is 17.4. The lowest BCUT2D eigenvalue weighted by Gasteiger charge is -2.55. The lowest BCUT2D eigenvalue weighted by molar-refractivity contribution is -0.358. The van der Waals surface area contributed by atoms with Gasteiger partial charge in [-0.1, -0.05) is 159 Å². The lowest BCUT2D eigenvalue weighted by atomic mass is 9.70. The number of hydrogen-bond acceptors (Lipinski definition) is 18. The smallest absolute Gasteiger partial charge is 0.331 e. The van der Waals surface area contributed by atoms with E-state index < -0.39 is 95.2 Å². The third-order valence-electron chi connectivity index (χ3n) is 15.7. The van der Waals surface area contributed by atoms with Crippen molar-refractivity contribution in [1.82, 2.24) is 0 Å². The fraction of sp³-hybridized carbons (Fsp3) is 0.612. The molecule has 17 nitrogen and oxygen atoms in total. The number of hydrogen-bond donors (Lipinski definition) is 1. The summed E-state index contributed by atoms with van der Waals surface area (Å²) < 4.78 is 75.8. The minimum absolute atomic E-state index is 0.0236. The van der Waals surface area contributed by atoms with E-state index in [1.54, 1.807) is 26.4 Å². The summed E-state index contributed by atoms with van der Waals surface area (Å²) >= 11 is 1.18. The van der Waals surface area contributed by atoms with Gasteiger partial charge in [-0.3, -0.25) is 9.59 Å². The zero-order chi connectivity index (χ0) is 62.6. The Balaban J connectivity index is 1.50. The molecule has 0 aliphatic carbocycles. The van der Waals surface area contributed by atoms with Crippen molar-refractivity contribution in [3.8, 4) is 5.75 Å². The molecule has 472 valence electrons. The van der Waals surface area contributed by atoms with Gasteiger partial charge in [0.15, 0.2) is 17.0 Å². The maximum Gasteiger partial charge on any atom is 0.331 e. The van der Waals surface area contributed by atoms with E-state index in [9.17, 15) is 24.3 Å². The van der Waals surface area contributed by atoms with E-state index in [-0.39, 0.29) is 61.8 Å². The lowest BCUT2D eigenvalue weighted by Crippen LogP contribution is -2.63. The van der Waals surface area contributed by atoms with E-state index in [0.29, 0.717) is 30.8 Å². The molecule has 0 bridgehead atoms. The predicted molar refractivity (Wildman–Crippen MR) is 326 cm³/mol. The van der Waals surface area contributed by atoms with Gasteiger partial charge in [0.2, 0.25) is 5.79 Å². The van der Waals surface area contributed by atoms with Gasteiger partial charge in [0.05, 0.1) is 75.6 Å². The molecule has 0 unspecified atom stereocenters. The number of unbranched alkanes of at least 4 members (excludes halogenated alkanes) is 1. The Bertz CT molecular complexity index is 2590. The van der Waals surface area contributed by atoms with Gasteiger partial charge >= 0.3 is 17.9 Å². The Morgan fingerprint density at radius 2 is 1.54 bits per heavy atom. The average molecular weight is 1210 g/mol. The molecule has 18 heteroatoms. The molecule has 0 amide bonds. The zero-order valence-electron chi connectivity index (χ0n) is 52.7. The van der Waals surface area contributed by atoms with Crippen LogP contribution in [0.3, 0.4) is 0 Å². The molecule has 85 heavy (non-hydrogen) atoms. The average Bonchev–Trinajstić information content (AvgIpc) is 3.61. The molecule has 3 fully saturated rings. The highest BCUT2D eigenvalue weighted by atomic mass is 32.2. The van der Waals surface area contributed by atoms with E-state index >= 15 is 0 Å². The van der Waals surface area contributed by atoms with Crippen LogP contribution in [0.25, 0.3) is 0 Å². The van der Waals surface area contributed by atoms with Crippen molar-refractivity contribution >= 4 is 34.8 Å². The molecule has 0 spiro atoms. The maximum absolute atomic E-state index is 14.0. The standard InChI is InChI=1S/C67H96O17S/c1-16-17-18-19-23-26-59(70)82-62-50(36-60(71)74-13)35-54(39-57(78-43-49-27-29-52(73-12)30-28-49)46(3)79-44-77-42-48-24-21-20-22-25-48)84-67(62,76-15)64(8,9)32-31-53-33-45(2)34-56(81-53)41-66(75-14)65(10,11)58(80-47(4)68)40-55(83-66)37-51(69)38-61(72)85-63(5,6)7/h18-32,36,46,51,53-58,62,69H,2,16-17,33-35,37-44H2,1,3-15H3/b19-18+,26-23+,32-31+,50-36+/t46-,51-,53+,54+,55-,56+,57-,58+,62+,66+,67-/m1/s1. The quantitative estimate of drug-likeness (QED) is 0.0147. The van der Waals surface area contributed by atoms with Crippen LogP contribution in [-0.2, 0) is 84.5 Å². The number of allylic oxidation sites excluding steroid dienone is 3. The molecular weight excluding hydrogens is 1110 g/mol. The Morgan fingerprint density at radius 1 is 0.835 bits per heavy atom. The van der Waals surface area contributed by atoms with E-state index in [1.165, 1.54) is 45.1 Å². The highest BCUT2D eigenvalue weighted by Gasteiger charge is 2.61. The van der Waals surface area contributed by atoms with Gasteiger partial charge in [0.25, 0.3) is 0 Å². The van der Waals surface area contributed by atoms with E-state index in [2.05, 4.69) is 13.5 Å². The molecular formula is C67H96O17S. The zero-order valence-corrected chi connectivity index (χ0v) is 53.5. The first kappa shape index (κ1) is 70.8. The number of methoxy groups -OCH3 is 4. The van der Waals surface area contributed by atoms with E-state index in [0.717, 1.165) is 29.5 Å². The van der Waals surface area contributed by atoms with Crippen molar-refractivity contribution in [2.45, 2.75) is 218 Å². The molecule has 1 N–H and O–H groups in total. The summed E-state index contributed by atoms with van der Waals surface area (Å²) in [6.07, 6.45) is 8.68. The van der Waals surface area contributed by atoms with Gasteiger partial charge in [0.1, 0.15) is 18.6 Å². The molecule has 3 aliphatic heterocycles. The van der Waals surface area contributed by atoms with Crippen LogP contribution in [-0.4, -0.2) is 135 Å². The number of rotatable bonds is 30. The molecule has 3 heterocycles. The first-order chi connectivity index (χ1) is 40.2. The Hall–Kier alpha value is -4.99. The van der Waals surface area contributed by atoms with Crippen LogP contribution in [0.5, 0.6) is 5.75 Å². The van der Waals surface area contributed by atoms with Crippen molar-refractivity contribution in [2.75, 3.05) is 35.2 Å². The van der Waals surface area contributed by atoms with Crippen LogP contribution >= 0.6 is 11.8 Å². The van der Waals surface area contributed by atoms with Gasteiger partial charge < -0.3 is 61.9 Å². The first-order valence-electron chi connectivity index (χ1n) is 29.6. The Kier molecular flexibility index (Phi) is 27.3. The van der Waals surface area contributed by atoms with Crippen molar-refractivity contribution in [3.63, 3.8) is 0 Å². The van der Waals surface area contributed by atoms with Crippen molar-refractivity contribution < 1.29 is 81.1 Å². The number of benzene rings is 2. The summed E-state index contributed by atoms with van der Waals surface area (Å²) in [6.45, 7) is 23.8. The molecule has 3 saturated heterocycles. The van der Waals surface area contributed by atoms with Crippen LogP contribution in [0, 0.1) is 10.8 Å². The highest BCUT2D eigenvalue weighted by molar-refractivity contribution is 8.14. The largest absolute Gasteiger partial charge is 0.497 e. The summed E-state index contributed by atoms with van der Waals surface area (Å²) in [5, 5.41) is 11.1. The fourth-order valence-electron chi connectivity index (χ4n) is 11.2. The normalized spacial score (nSPS) is 26.3. The van der Waals surface area contributed by atoms with E-state index in [4.69, 9.17) is 56.8 Å². The summed E-state index contributed by atoms with van der Waals surface area (Å²) in [5.41, 5.74) is 1.06. The minimum atomic E-state index is -1.82. The van der Waals surface area contributed by atoms with E-state index in [1.807, 2.05) is 128 Å². The Morgan fingerprint density at radius 3 is 2.18 bits per heavy atom. The highest BCUT2D eigenvalue weighted by Crippen LogP contribution is 2.52. The topological polar surface area (TPSA) is 199 Å². The number of thioether (sulfide) groups is 1. The van der Waals surface area contributed by atoms with Crippen LogP contribution in [0.1, 0.15) is 145 Å². The SMILES string of the molecule is C=C1C[C@@H](C[C@]2(OC)O[C@H](C[C@@H](O)CC(=O)SC(C)(C)C)C[C@H](OC(C)=O)C2(C)C)O[C@@H](/C=C/C(C)(C)[C@]2(OC)O[C@H](C[C@@H](OCc3ccc(OC)cc3)[C@@H](C)OCOCc3ccccc3)C/C(=C\C(=O)OC)[C@@H]2OC(=O)/C=C/C=C/CCC)C1. The molecule has 0 saturated carbocycles. The summed E-state index contributed by atoms with van der Waals surface area (Å²) in [5.74, 6) is -4.34. The molecule has 5 rings (SSSR count). The van der Waals surface area contributed by atoms with Gasteiger partial charge in [-0.05, 0) is 61.4 Å². The van der Waals surface area contributed by atoms with Gasteiger partial charge in [-0.15, -0.1) is 0 Å². The number of aliphatic hydroxyl groups excluding tert-OH is 1. The summed E-state index contributed by atoms with van der Waals surface area (Å²) in [4.78, 5) is 53.0. The van der Waals surface area contributed by atoms with Crippen molar-refractivity contribution in [1.29, 1.82) is 0 Å². The molecule has 0 aromatic heterocycles. The number of aliphatic hydroxyl groups is 1. The first-order valence-corrected chi connectivity index (χ1v) is 30.4. The predicted octanol–water partition coefficient (Wildman–Crippen LogP) is 12.0. The molecule has 0 radical (unpaired) electrons. The monoisotopic (exact) mass is 1200 g/mol. The molecule has 2 aromatic carbocycles. The number of carbonyl (C=O) groups is 4.